The van der Waals surface area contributed by atoms with Crippen LogP contribution in [0.15, 0.2) is 24.3 Å². The van der Waals surface area contributed by atoms with Crippen molar-refractivity contribution in [2.45, 2.75) is 46.1 Å². The van der Waals surface area contributed by atoms with Crippen LogP contribution in [0.2, 0.25) is 0 Å². The Morgan fingerprint density at radius 3 is 2.48 bits per heavy atom. The second-order valence-corrected chi connectivity index (χ2v) is 8.54. The predicted molar refractivity (Wildman–Crippen MR) is 94.5 cm³/mol. The van der Waals surface area contributed by atoms with Gasteiger partial charge in [0.15, 0.2) is 6.61 Å². The highest BCUT2D eigenvalue weighted by Gasteiger charge is 2.50. The average molecular weight is 345 g/mol. The second-order valence-electron chi connectivity index (χ2n) is 8.54. The van der Waals surface area contributed by atoms with Gasteiger partial charge in [-0.25, -0.2) is 4.79 Å². The number of methoxy groups -OCH3 is 1. The Bertz CT molecular complexity index is 667. The molecular formula is C20H27NO4. The van der Waals surface area contributed by atoms with Gasteiger partial charge in [-0.2, -0.15) is 0 Å². The van der Waals surface area contributed by atoms with Gasteiger partial charge in [-0.1, -0.05) is 20.8 Å². The zero-order valence-corrected chi connectivity index (χ0v) is 15.5. The molecule has 0 aromatic heterocycles. The largest absolute Gasteiger partial charge is 0.497 e. The molecule has 0 spiro atoms. The topological polar surface area (TPSA) is 55.8 Å². The van der Waals surface area contributed by atoms with E-state index in [9.17, 15) is 9.59 Å². The third-order valence-corrected chi connectivity index (χ3v) is 5.39. The third-order valence-electron chi connectivity index (χ3n) is 5.39. The first kappa shape index (κ1) is 17.8. The fourth-order valence-corrected chi connectivity index (χ4v) is 4.77. The van der Waals surface area contributed by atoms with E-state index in [1.54, 1.807) is 31.4 Å². The number of amides is 1. The Morgan fingerprint density at radius 2 is 1.84 bits per heavy atom. The number of carbonyl (C=O) groups excluding carboxylic acids is 2. The van der Waals surface area contributed by atoms with E-state index in [0.717, 1.165) is 25.8 Å². The van der Waals surface area contributed by atoms with Crippen LogP contribution in [0, 0.1) is 10.8 Å². The number of benzene rings is 1. The molecule has 1 saturated carbocycles. The van der Waals surface area contributed by atoms with E-state index in [-0.39, 0.29) is 29.4 Å². The van der Waals surface area contributed by atoms with Crippen LogP contribution in [0.1, 0.15) is 50.4 Å². The van der Waals surface area contributed by atoms with Crippen molar-refractivity contribution in [1.29, 1.82) is 0 Å². The normalized spacial score (nSPS) is 27.0. The van der Waals surface area contributed by atoms with Gasteiger partial charge >= 0.3 is 5.97 Å². The summed E-state index contributed by atoms with van der Waals surface area (Å²) in [7, 11) is 1.57. The fourth-order valence-electron chi connectivity index (χ4n) is 4.77. The third kappa shape index (κ3) is 3.80. The van der Waals surface area contributed by atoms with Crippen LogP contribution >= 0.6 is 0 Å². The first-order valence-electron chi connectivity index (χ1n) is 8.82. The lowest BCUT2D eigenvalue weighted by Crippen LogP contribution is -2.39. The molecule has 136 valence electrons. The number of nitrogens with zero attached hydrogens (tertiary/aromatic N) is 1. The summed E-state index contributed by atoms with van der Waals surface area (Å²) in [4.78, 5) is 26.7. The van der Waals surface area contributed by atoms with Crippen molar-refractivity contribution in [3.8, 4) is 5.75 Å². The Labute approximate surface area is 149 Å². The van der Waals surface area contributed by atoms with Gasteiger partial charge in [-0.15, -0.1) is 0 Å². The lowest BCUT2D eigenvalue weighted by atomic mass is 9.65. The van der Waals surface area contributed by atoms with Crippen molar-refractivity contribution in [1.82, 2.24) is 4.90 Å². The smallest absolute Gasteiger partial charge is 0.338 e. The molecular weight excluding hydrogens is 318 g/mol. The molecule has 2 fully saturated rings. The first-order chi connectivity index (χ1) is 11.7. The van der Waals surface area contributed by atoms with Crippen molar-refractivity contribution >= 4 is 11.9 Å². The van der Waals surface area contributed by atoms with Gasteiger partial charge in [0.2, 0.25) is 0 Å². The molecule has 0 N–H and O–H groups in total. The van der Waals surface area contributed by atoms with Crippen LogP contribution in [-0.2, 0) is 9.53 Å². The molecule has 2 bridgehead atoms. The van der Waals surface area contributed by atoms with E-state index in [1.165, 1.54) is 0 Å². The first-order valence-corrected chi connectivity index (χ1v) is 8.82. The monoisotopic (exact) mass is 345 g/mol. The van der Waals surface area contributed by atoms with Crippen LogP contribution in [0.3, 0.4) is 0 Å². The molecule has 1 aromatic carbocycles. The van der Waals surface area contributed by atoms with E-state index in [2.05, 4.69) is 20.8 Å². The Kier molecular flexibility index (Phi) is 4.52. The summed E-state index contributed by atoms with van der Waals surface area (Å²) in [5.41, 5.74) is 0.857. The van der Waals surface area contributed by atoms with E-state index in [0.29, 0.717) is 11.3 Å². The standard InChI is InChI=1S/C20H27NO4/c1-19(2)9-15-10-20(3,12-19)13-21(15)17(22)11-25-18(23)14-5-7-16(24-4)8-6-14/h5-8,15H,9-13H2,1-4H3. The van der Waals surface area contributed by atoms with Gasteiger partial charge in [0, 0.05) is 12.6 Å². The van der Waals surface area contributed by atoms with Crippen molar-refractivity contribution < 1.29 is 19.1 Å². The van der Waals surface area contributed by atoms with Crippen molar-refractivity contribution in [2.24, 2.45) is 10.8 Å². The molecule has 1 aliphatic heterocycles. The quantitative estimate of drug-likeness (QED) is 0.786. The highest BCUT2D eigenvalue weighted by molar-refractivity contribution is 5.91. The zero-order chi connectivity index (χ0) is 18.2. The summed E-state index contributed by atoms with van der Waals surface area (Å²) < 4.78 is 10.3. The number of ether oxygens (including phenoxy) is 2. The molecule has 3 rings (SSSR count). The zero-order valence-electron chi connectivity index (χ0n) is 15.5. The summed E-state index contributed by atoms with van der Waals surface area (Å²) in [6.07, 6.45) is 3.20. The minimum absolute atomic E-state index is 0.0895. The number of esters is 1. The summed E-state index contributed by atoms with van der Waals surface area (Å²) in [6.45, 7) is 7.37. The number of hydrogen-bond donors (Lipinski definition) is 0. The molecule has 2 unspecified atom stereocenters. The van der Waals surface area contributed by atoms with E-state index in [1.807, 2.05) is 4.90 Å². The maximum absolute atomic E-state index is 12.6. The lowest BCUT2D eigenvalue weighted by molar-refractivity contribution is -0.135. The Balaban J connectivity index is 1.58. The van der Waals surface area contributed by atoms with Gasteiger partial charge in [0.25, 0.3) is 5.91 Å². The molecule has 1 amide bonds. The molecule has 1 saturated heterocycles. The minimum Gasteiger partial charge on any atom is -0.497 e. The van der Waals surface area contributed by atoms with Crippen LogP contribution in [-0.4, -0.2) is 43.1 Å². The highest BCUT2D eigenvalue weighted by atomic mass is 16.5. The molecule has 0 radical (unpaired) electrons. The lowest BCUT2D eigenvalue weighted by Gasteiger charge is -2.39. The number of likely N-dealkylation sites (tertiary alicyclic amines) is 1. The number of hydrogen-bond acceptors (Lipinski definition) is 4. The van der Waals surface area contributed by atoms with Gasteiger partial charge in [0.05, 0.1) is 12.7 Å². The Morgan fingerprint density at radius 1 is 1.16 bits per heavy atom. The number of carbonyl (C=O) groups is 2. The minimum atomic E-state index is -0.482. The SMILES string of the molecule is COc1ccc(C(=O)OCC(=O)N2CC3(C)CC2CC(C)(C)C3)cc1. The van der Waals surface area contributed by atoms with Gasteiger partial charge < -0.3 is 14.4 Å². The molecule has 1 aromatic rings. The van der Waals surface area contributed by atoms with Crippen LogP contribution < -0.4 is 4.74 Å². The average Bonchev–Trinajstić information content (AvgIpc) is 2.81. The molecule has 5 nitrogen and oxygen atoms in total. The molecule has 1 aliphatic carbocycles. The number of rotatable bonds is 4. The van der Waals surface area contributed by atoms with Gasteiger partial charge in [0.1, 0.15) is 5.75 Å². The van der Waals surface area contributed by atoms with Gasteiger partial charge in [-0.3, -0.25) is 4.79 Å². The van der Waals surface area contributed by atoms with E-state index < -0.39 is 5.97 Å². The van der Waals surface area contributed by atoms with Gasteiger partial charge in [-0.05, 0) is 54.4 Å². The van der Waals surface area contributed by atoms with Crippen LogP contribution in [0.5, 0.6) is 5.75 Å². The summed E-state index contributed by atoms with van der Waals surface area (Å²) in [6, 6.07) is 6.94. The van der Waals surface area contributed by atoms with Crippen molar-refractivity contribution in [3.63, 3.8) is 0 Å². The maximum atomic E-state index is 12.6. The van der Waals surface area contributed by atoms with E-state index >= 15 is 0 Å². The van der Waals surface area contributed by atoms with Crippen LogP contribution in [0.4, 0.5) is 0 Å². The number of fused-ring (bicyclic) bond motifs is 2. The highest BCUT2D eigenvalue weighted by Crippen LogP contribution is 2.52. The van der Waals surface area contributed by atoms with Crippen molar-refractivity contribution in [2.75, 3.05) is 20.3 Å². The predicted octanol–water partition coefficient (Wildman–Crippen LogP) is 3.28. The molecule has 25 heavy (non-hydrogen) atoms. The van der Waals surface area contributed by atoms with Crippen molar-refractivity contribution in [3.05, 3.63) is 29.8 Å². The summed E-state index contributed by atoms with van der Waals surface area (Å²) >= 11 is 0. The Hall–Kier alpha value is -2.04. The van der Waals surface area contributed by atoms with Crippen LogP contribution in [0.25, 0.3) is 0 Å². The summed E-state index contributed by atoms with van der Waals surface area (Å²) in [5, 5.41) is 0. The molecule has 1 heterocycles. The molecule has 5 heteroatoms. The second kappa shape index (κ2) is 6.36. The maximum Gasteiger partial charge on any atom is 0.338 e. The summed E-state index contributed by atoms with van der Waals surface area (Å²) in [5.74, 6) is 0.103. The van der Waals surface area contributed by atoms with E-state index in [4.69, 9.17) is 9.47 Å². The molecule has 2 aliphatic rings. The molecule has 2 atom stereocenters. The fraction of sp³-hybridized carbons (Fsp3) is 0.600.